The standard InChI is InChI=1S/C13H23N3O4/c1-9(2-3-11(17)18)4-6-15-13(20)16-7-5-10(8-16)12(14)19/h9-10H,2-8H2,1H3,(H2,14,19)(H,15,20)(H,17,18). The monoisotopic (exact) mass is 285 g/mol. The number of nitrogens with one attached hydrogen (secondary N) is 1. The number of hydrogen-bond donors (Lipinski definition) is 3. The van der Waals surface area contributed by atoms with Gasteiger partial charge in [-0.05, 0) is 25.2 Å². The van der Waals surface area contributed by atoms with E-state index >= 15 is 0 Å². The Morgan fingerprint density at radius 3 is 2.65 bits per heavy atom. The van der Waals surface area contributed by atoms with Crippen LogP contribution in [-0.4, -0.2) is 47.5 Å². The highest BCUT2D eigenvalue weighted by atomic mass is 16.4. The van der Waals surface area contributed by atoms with Gasteiger partial charge in [0, 0.05) is 26.1 Å². The number of likely N-dealkylation sites (tertiary alicyclic amines) is 1. The van der Waals surface area contributed by atoms with Crippen LogP contribution >= 0.6 is 0 Å². The minimum Gasteiger partial charge on any atom is -0.481 e. The Balaban J connectivity index is 2.17. The van der Waals surface area contributed by atoms with Crippen molar-refractivity contribution in [3.8, 4) is 0 Å². The molecular formula is C13H23N3O4. The lowest BCUT2D eigenvalue weighted by molar-refractivity contribution is -0.137. The normalized spacial score (nSPS) is 19.6. The first-order chi connectivity index (χ1) is 9.40. The van der Waals surface area contributed by atoms with E-state index in [0.29, 0.717) is 32.5 Å². The Kier molecular flexibility index (Phi) is 6.27. The molecule has 0 aromatic carbocycles. The van der Waals surface area contributed by atoms with Crippen molar-refractivity contribution >= 4 is 17.9 Å². The highest BCUT2D eigenvalue weighted by molar-refractivity contribution is 5.80. The summed E-state index contributed by atoms with van der Waals surface area (Å²) in [6.07, 6.45) is 2.13. The number of nitrogens with two attached hydrogens (primary N) is 1. The number of carboxylic acid groups (broad SMARTS) is 1. The van der Waals surface area contributed by atoms with Crippen molar-refractivity contribution in [2.45, 2.75) is 32.6 Å². The van der Waals surface area contributed by atoms with E-state index in [2.05, 4.69) is 5.32 Å². The van der Waals surface area contributed by atoms with Crippen molar-refractivity contribution in [1.29, 1.82) is 0 Å². The molecule has 114 valence electrons. The molecule has 2 atom stereocenters. The van der Waals surface area contributed by atoms with Crippen LogP contribution in [0, 0.1) is 11.8 Å². The average Bonchev–Trinajstić information content (AvgIpc) is 2.86. The zero-order chi connectivity index (χ0) is 15.1. The van der Waals surface area contributed by atoms with E-state index in [1.54, 1.807) is 4.90 Å². The second kappa shape index (κ2) is 7.72. The Morgan fingerprint density at radius 1 is 1.40 bits per heavy atom. The van der Waals surface area contributed by atoms with Gasteiger partial charge in [0.05, 0.1) is 5.92 Å². The van der Waals surface area contributed by atoms with Crippen LogP contribution in [0.3, 0.4) is 0 Å². The fraction of sp³-hybridized carbons (Fsp3) is 0.769. The molecule has 0 aromatic heterocycles. The summed E-state index contributed by atoms with van der Waals surface area (Å²) < 4.78 is 0. The fourth-order valence-electron chi connectivity index (χ4n) is 2.23. The van der Waals surface area contributed by atoms with Crippen LogP contribution in [0.5, 0.6) is 0 Å². The maximum Gasteiger partial charge on any atom is 0.317 e. The highest BCUT2D eigenvalue weighted by Crippen LogP contribution is 2.15. The molecule has 7 heteroatoms. The van der Waals surface area contributed by atoms with E-state index in [0.717, 1.165) is 6.42 Å². The number of carbonyl (C=O) groups excluding carboxylic acids is 2. The van der Waals surface area contributed by atoms with Crippen molar-refractivity contribution in [3.63, 3.8) is 0 Å². The summed E-state index contributed by atoms with van der Waals surface area (Å²) in [4.78, 5) is 34.9. The van der Waals surface area contributed by atoms with E-state index in [1.165, 1.54) is 0 Å². The molecule has 2 unspecified atom stereocenters. The number of aliphatic carboxylic acids is 1. The van der Waals surface area contributed by atoms with Gasteiger partial charge in [0.15, 0.2) is 0 Å². The number of urea groups is 1. The summed E-state index contributed by atoms with van der Waals surface area (Å²) in [5.41, 5.74) is 5.21. The lowest BCUT2D eigenvalue weighted by Gasteiger charge is -2.18. The second-order valence-corrected chi connectivity index (χ2v) is 5.39. The third-order valence-electron chi connectivity index (χ3n) is 3.64. The molecule has 0 aromatic rings. The van der Waals surface area contributed by atoms with Crippen LogP contribution in [0.25, 0.3) is 0 Å². The molecule has 7 nitrogen and oxygen atoms in total. The molecule has 4 N–H and O–H groups in total. The third kappa shape index (κ3) is 5.46. The molecule has 20 heavy (non-hydrogen) atoms. The third-order valence-corrected chi connectivity index (χ3v) is 3.64. The number of carbonyl (C=O) groups is 3. The van der Waals surface area contributed by atoms with Crippen LogP contribution < -0.4 is 11.1 Å². The zero-order valence-corrected chi connectivity index (χ0v) is 11.8. The largest absolute Gasteiger partial charge is 0.481 e. The van der Waals surface area contributed by atoms with Crippen LogP contribution in [0.2, 0.25) is 0 Å². The van der Waals surface area contributed by atoms with Gasteiger partial charge in [0.2, 0.25) is 5.91 Å². The van der Waals surface area contributed by atoms with Gasteiger partial charge in [-0.15, -0.1) is 0 Å². The SMILES string of the molecule is CC(CCNC(=O)N1CCC(C(N)=O)C1)CCC(=O)O. The first-order valence-electron chi connectivity index (χ1n) is 6.94. The minimum absolute atomic E-state index is 0.154. The van der Waals surface area contributed by atoms with E-state index in [9.17, 15) is 14.4 Å². The summed E-state index contributed by atoms with van der Waals surface area (Å²) >= 11 is 0. The topological polar surface area (TPSA) is 113 Å². The number of carboxylic acids is 1. The molecule has 1 fully saturated rings. The number of rotatable bonds is 7. The molecule has 1 aliphatic rings. The molecule has 0 radical (unpaired) electrons. The Hall–Kier alpha value is -1.79. The quantitative estimate of drug-likeness (QED) is 0.628. The van der Waals surface area contributed by atoms with Gasteiger partial charge in [-0.1, -0.05) is 6.92 Å². The van der Waals surface area contributed by atoms with Crippen LogP contribution in [0.1, 0.15) is 32.6 Å². The second-order valence-electron chi connectivity index (χ2n) is 5.39. The summed E-state index contributed by atoms with van der Waals surface area (Å²) in [7, 11) is 0. The lowest BCUT2D eigenvalue weighted by atomic mass is 10.0. The molecule has 0 bridgehead atoms. The molecule has 0 saturated carbocycles. The summed E-state index contributed by atoms with van der Waals surface area (Å²) in [6, 6.07) is -0.181. The maximum atomic E-state index is 11.8. The average molecular weight is 285 g/mol. The molecule has 1 aliphatic heterocycles. The first kappa shape index (κ1) is 16.3. The lowest BCUT2D eigenvalue weighted by Crippen LogP contribution is -2.40. The van der Waals surface area contributed by atoms with Crippen LogP contribution in [-0.2, 0) is 9.59 Å². The molecule has 1 saturated heterocycles. The molecule has 1 rings (SSSR count). The first-order valence-corrected chi connectivity index (χ1v) is 6.94. The number of amides is 3. The van der Waals surface area contributed by atoms with Crippen LogP contribution in [0.4, 0.5) is 4.79 Å². The van der Waals surface area contributed by atoms with Crippen molar-refractivity contribution in [2.24, 2.45) is 17.6 Å². The molecule has 0 spiro atoms. The van der Waals surface area contributed by atoms with Gasteiger partial charge in [0.1, 0.15) is 0 Å². The van der Waals surface area contributed by atoms with Gasteiger partial charge in [-0.3, -0.25) is 9.59 Å². The van der Waals surface area contributed by atoms with Gasteiger partial charge in [-0.25, -0.2) is 4.79 Å². The van der Waals surface area contributed by atoms with E-state index in [4.69, 9.17) is 10.8 Å². The predicted octanol–water partition coefficient (Wildman–Crippen LogP) is 0.394. The number of nitrogens with zero attached hydrogens (tertiary/aromatic N) is 1. The minimum atomic E-state index is -0.796. The van der Waals surface area contributed by atoms with E-state index in [-0.39, 0.29) is 30.2 Å². The van der Waals surface area contributed by atoms with Crippen molar-refractivity contribution < 1.29 is 19.5 Å². The smallest absolute Gasteiger partial charge is 0.317 e. The van der Waals surface area contributed by atoms with Gasteiger partial charge >= 0.3 is 12.0 Å². The van der Waals surface area contributed by atoms with E-state index < -0.39 is 5.97 Å². The van der Waals surface area contributed by atoms with Gasteiger partial charge in [0.25, 0.3) is 0 Å². The highest BCUT2D eigenvalue weighted by Gasteiger charge is 2.29. The van der Waals surface area contributed by atoms with Crippen LogP contribution in [0.15, 0.2) is 0 Å². The molecular weight excluding hydrogens is 262 g/mol. The summed E-state index contributed by atoms with van der Waals surface area (Å²) in [5, 5.41) is 11.4. The number of primary amides is 1. The molecule has 0 aliphatic carbocycles. The zero-order valence-electron chi connectivity index (χ0n) is 11.8. The summed E-state index contributed by atoms with van der Waals surface area (Å²) in [6.45, 7) is 3.41. The van der Waals surface area contributed by atoms with Crippen molar-refractivity contribution in [1.82, 2.24) is 10.2 Å². The van der Waals surface area contributed by atoms with Gasteiger partial charge < -0.3 is 21.1 Å². The van der Waals surface area contributed by atoms with Crippen molar-refractivity contribution in [2.75, 3.05) is 19.6 Å². The Morgan fingerprint density at radius 2 is 2.10 bits per heavy atom. The Bertz CT molecular complexity index is 373. The fourth-order valence-corrected chi connectivity index (χ4v) is 2.23. The van der Waals surface area contributed by atoms with E-state index in [1.807, 2.05) is 6.92 Å². The predicted molar refractivity (Wildman–Crippen MR) is 72.9 cm³/mol. The summed E-state index contributed by atoms with van der Waals surface area (Å²) in [5.74, 6) is -1.14. The van der Waals surface area contributed by atoms with Crippen molar-refractivity contribution in [3.05, 3.63) is 0 Å². The molecule has 3 amide bonds. The molecule has 1 heterocycles. The van der Waals surface area contributed by atoms with Gasteiger partial charge in [-0.2, -0.15) is 0 Å². The number of hydrogen-bond acceptors (Lipinski definition) is 3. The maximum absolute atomic E-state index is 11.8. The Labute approximate surface area is 118 Å².